The van der Waals surface area contributed by atoms with Crippen molar-refractivity contribution in [2.24, 2.45) is 0 Å². The van der Waals surface area contributed by atoms with E-state index in [0.717, 1.165) is 40.4 Å². The average Bonchev–Trinajstić information content (AvgIpc) is 3.34. The minimum absolute atomic E-state index is 0.00506. The van der Waals surface area contributed by atoms with Crippen LogP contribution in [0, 0.1) is 0 Å². The number of rotatable bonds is 6. The van der Waals surface area contributed by atoms with Crippen molar-refractivity contribution in [1.29, 1.82) is 0 Å². The number of nitrogens with zero attached hydrogens (tertiary/aromatic N) is 1. The van der Waals surface area contributed by atoms with Gasteiger partial charge in [-0.25, -0.2) is 4.98 Å². The van der Waals surface area contributed by atoms with E-state index in [4.69, 9.17) is 9.47 Å². The Morgan fingerprint density at radius 2 is 1.93 bits per heavy atom. The second-order valence-corrected chi connectivity index (χ2v) is 7.61. The zero-order chi connectivity index (χ0) is 19.5. The van der Waals surface area contributed by atoms with Gasteiger partial charge in [-0.1, -0.05) is 30.3 Å². The van der Waals surface area contributed by atoms with Gasteiger partial charge in [-0.15, -0.1) is 11.3 Å². The first-order chi connectivity index (χ1) is 13.7. The Morgan fingerprint density at radius 1 is 1.18 bits per heavy atom. The summed E-state index contributed by atoms with van der Waals surface area (Å²) in [6, 6.07) is 14.0. The number of hydrogen-bond acceptors (Lipinski definition) is 5. The van der Waals surface area contributed by atoms with Crippen LogP contribution in [0.4, 0.5) is 0 Å². The highest BCUT2D eigenvalue weighted by Gasteiger charge is 2.26. The fourth-order valence-corrected chi connectivity index (χ4v) is 4.42. The summed E-state index contributed by atoms with van der Waals surface area (Å²) in [7, 11) is 3.26. The van der Waals surface area contributed by atoms with Crippen LogP contribution in [0.1, 0.15) is 29.3 Å². The summed E-state index contributed by atoms with van der Waals surface area (Å²) in [6.45, 7) is 0. The Morgan fingerprint density at radius 3 is 2.68 bits per heavy atom. The normalized spacial score (nSPS) is 15.1. The van der Waals surface area contributed by atoms with Crippen LogP contribution < -0.4 is 14.8 Å². The fourth-order valence-electron chi connectivity index (χ4n) is 3.59. The van der Waals surface area contributed by atoms with E-state index in [2.05, 4.69) is 10.3 Å². The van der Waals surface area contributed by atoms with E-state index >= 15 is 0 Å². The van der Waals surface area contributed by atoms with Crippen molar-refractivity contribution >= 4 is 17.2 Å². The van der Waals surface area contributed by atoms with Gasteiger partial charge in [0.1, 0.15) is 5.01 Å². The van der Waals surface area contributed by atoms with E-state index in [1.165, 1.54) is 5.56 Å². The second kappa shape index (κ2) is 8.02. The summed E-state index contributed by atoms with van der Waals surface area (Å²) >= 11 is 1.56. The Labute approximate surface area is 168 Å². The van der Waals surface area contributed by atoms with Crippen molar-refractivity contribution in [3.8, 4) is 22.1 Å². The molecule has 2 aromatic carbocycles. The summed E-state index contributed by atoms with van der Waals surface area (Å²) < 4.78 is 10.8. The lowest BCUT2D eigenvalue weighted by Crippen LogP contribution is -2.28. The monoisotopic (exact) mass is 394 g/mol. The number of methoxy groups -OCH3 is 2. The molecule has 4 rings (SSSR count). The molecule has 1 amide bonds. The number of aromatic nitrogens is 1. The van der Waals surface area contributed by atoms with E-state index < -0.39 is 0 Å². The minimum Gasteiger partial charge on any atom is -0.493 e. The number of amides is 1. The van der Waals surface area contributed by atoms with Crippen molar-refractivity contribution in [1.82, 2.24) is 10.3 Å². The highest BCUT2D eigenvalue weighted by Crippen LogP contribution is 2.39. The third-order valence-electron chi connectivity index (χ3n) is 4.97. The van der Waals surface area contributed by atoms with E-state index in [1.54, 1.807) is 25.6 Å². The van der Waals surface area contributed by atoms with Gasteiger partial charge in [0.05, 0.1) is 32.4 Å². The number of nitrogens with one attached hydrogen (secondary N) is 1. The second-order valence-electron chi connectivity index (χ2n) is 6.75. The highest BCUT2D eigenvalue weighted by molar-refractivity contribution is 7.13. The molecule has 144 valence electrons. The van der Waals surface area contributed by atoms with Gasteiger partial charge in [-0.2, -0.15) is 0 Å². The van der Waals surface area contributed by atoms with Gasteiger partial charge in [-0.3, -0.25) is 4.79 Å². The molecule has 0 fully saturated rings. The van der Waals surface area contributed by atoms with Crippen LogP contribution >= 0.6 is 11.3 Å². The molecule has 0 saturated heterocycles. The molecule has 0 bridgehead atoms. The van der Waals surface area contributed by atoms with Gasteiger partial charge < -0.3 is 14.8 Å². The maximum atomic E-state index is 12.6. The summed E-state index contributed by atoms with van der Waals surface area (Å²) in [4.78, 5) is 17.2. The lowest BCUT2D eigenvalue weighted by atomic mass is 10.1. The molecule has 1 aliphatic carbocycles. The topological polar surface area (TPSA) is 60.5 Å². The van der Waals surface area contributed by atoms with Gasteiger partial charge >= 0.3 is 0 Å². The lowest BCUT2D eigenvalue weighted by Gasteiger charge is -2.16. The Bertz CT molecular complexity index is 985. The molecular weight excluding hydrogens is 372 g/mol. The number of aryl methyl sites for hydroxylation is 1. The predicted octanol–water partition coefficient (Wildman–Crippen LogP) is 4.17. The molecule has 0 radical (unpaired) electrons. The van der Waals surface area contributed by atoms with Crippen LogP contribution in [0.25, 0.3) is 10.6 Å². The molecule has 0 spiro atoms. The first kappa shape index (κ1) is 18.5. The van der Waals surface area contributed by atoms with Crippen LogP contribution in [0.5, 0.6) is 11.5 Å². The van der Waals surface area contributed by atoms with Crippen molar-refractivity contribution < 1.29 is 14.3 Å². The standard InChI is InChI=1S/C22H22N2O3S/c1-26-19-10-15-8-9-18(17(15)12-20(19)27-2)24-21(25)11-16-13-28-22(23-16)14-6-4-3-5-7-14/h3-7,10,12-13,18H,8-9,11H2,1-2H3,(H,24,25). The molecule has 0 aliphatic heterocycles. The van der Waals surface area contributed by atoms with Crippen LogP contribution in [0.2, 0.25) is 0 Å². The van der Waals surface area contributed by atoms with Crippen molar-refractivity contribution in [2.75, 3.05) is 14.2 Å². The smallest absolute Gasteiger partial charge is 0.226 e. The minimum atomic E-state index is -0.0162. The third-order valence-corrected chi connectivity index (χ3v) is 5.91. The molecule has 0 saturated carbocycles. The van der Waals surface area contributed by atoms with Crippen molar-refractivity contribution in [3.05, 3.63) is 64.7 Å². The first-order valence-electron chi connectivity index (χ1n) is 9.22. The van der Waals surface area contributed by atoms with Crippen LogP contribution in [0.3, 0.4) is 0 Å². The SMILES string of the molecule is COc1cc2c(cc1OC)C(NC(=O)Cc1csc(-c3ccccc3)n1)CC2. The van der Waals surface area contributed by atoms with Gasteiger partial charge in [-0.05, 0) is 36.1 Å². The number of hydrogen-bond donors (Lipinski definition) is 1. The van der Waals surface area contributed by atoms with Crippen LogP contribution in [0.15, 0.2) is 47.8 Å². The molecular formula is C22H22N2O3S. The summed E-state index contributed by atoms with van der Waals surface area (Å²) in [5.41, 5.74) is 4.18. The van der Waals surface area contributed by atoms with E-state index in [1.807, 2.05) is 47.8 Å². The van der Waals surface area contributed by atoms with E-state index in [9.17, 15) is 4.79 Å². The first-order valence-corrected chi connectivity index (χ1v) is 10.1. The largest absolute Gasteiger partial charge is 0.493 e. The number of carbonyl (C=O) groups excluding carboxylic acids is 1. The Balaban J connectivity index is 1.44. The quantitative estimate of drug-likeness (QED) is 0.682. The Kier molecular flexibility index (Phi) is 5.30. The van der Waals surface area contributed by atoms with Gasteiger partial charge in [0, 0.05) is 10.9 Å². The molecule has 1 N–H and O–H groups in total. The molecule has 1 aliphatic rings. The third kappa shape index (κ3) is 3.73. The number of ether oxygens (including phenoxy) is 2. The molecule has 1 heterocycles. The summed E-state index contributed by atoms with van der Waals surface area (Å²) in [5.74, 6) is 1.40. The lowest BCUT2D eigenvalue weighted by molar-refractivity contribution is -0.121. The Hall–Kier alpha value is -2.86. The summed E-state index contributed by atoms with van der Waals surface area (Å²) in [5, 5.41) is 6.04. The number of thiazole rings is 1. The molecule has 1 aromatic heterocycles. The molecule has 1 unspecified atom stereocenters. The molecule has 5 nitrogen and oxygen atoms in total. The van der Waals surface area contributed by atoms with Gasteiger partial charge in [0.2, 0.25) is 5.91 Å². The van der Waals surface area contributed by atoms with E-state index in [0.29, 0.717) is 5.75 Å². The van der Waals surface area contributed by atoms with Crippen molar-refractivity contribution in [2.45, 2.75) is 25.3 Å². The van der Waals surface area contributed by atoms with Crippen LogP contribution in [-0.2, 0) is 17.6 Å². The maximum absolute atomic E-state index is 12.6. The molecule has 1 atom stereocenters. The van der Waals surface area contributed by atoms with Crippen LogP contribution in [-0.4, -0.2) is 25.1 Å². The fraction of sp³-hybridized carbons (Fsp3) is 0.273. The number of fused-ring (bicyclic) bond motifs is 1. The molecule has 6 heteroatoms. The molecule has 28 heavy (non-hydrogen) atoms. The highest BCUT2D eigenvalue weighted by atomic mass is 32.1. The zero-order valence-corrected chi connectivity index (χ0v) is 16.7. The van der Waals surface area contributed by atoms with Gasteiger partial charge in [0.15, 0.2) is 11.5 Å². The number of benzene rings is 2. The predicted molar refractivity (Wildman–Crippen MR) is 110 cm³/mol. The summed E-state index contributed by atoms with van der Waals surface area (Å²) in [6.07, 6.45) is 2.07. The van der Waals surface area contributed by atoms with E-state index in [-0.39, 0.29) is 18.4 Å². The maximum Gasteiger partial charge on any atom is 0.226 e. The number of carbonyl (C=O) groups is 1. The van der Waals surface area contributed by atoms with Gasteiger partial charge in [0.25, 0.3) is 0 Å². The van der Waals surface area contributed by atoms with Crippen molar-refractivity contribution in [3.63, 3.8) is 0 Å². The zero-order valence-electron chi connectivity index (χ0n) is 15.9. The molecule has 3 aromatic rings. The average molecular weight is 394 g/mol.